The molecule has 0 aromatic rings. The van der Waals surface area contributed by atoms with Crippen LogP contribution in [0.25, 0.3) is 0 Å². The predicted octanol–water partition coefficient (Wildman–Crippen LogP) is 1.88. The Labute approximate surface area is 67.1 Å². The van der Waals surface area contributed by atoms with Crippen LogP contribution >= 0.6 is 0 Å². The normalized spacial score (nSPS) is 12.0. The molecule has 0 unspecified atom stereocenters. The Hall–Kier alpha value is -1.55. The Morgan fingerprint density at radius 3 is 2.45 bits per heavy atom. The third kappa shape index (κ3) is 2.68. The van der Waals surface area contributed by atoms with Crippen molar-refractivity contribution in [3.63, 3.8) is 0 Å². The van der Waals surface area contributed by atoms with Crippen LogP contribution in [0.3, 0.4) is 0 Å². The minimum absolute atomic E-state index is 0.568. The lowest BCUT2D eigenvalue weighted by Crippen LogP contribution is -1.86. The van der Waals surface area contributed by atoms with Crippen LogP contribution in [0.1, 0.15) is 6.92 Å². The van der Waals surface area contributed by atoms with E-state index in [1.54, 1.807) is 19.1 Å². The number of rotatable bonds is 3. The number of carbonyl (C=O) groups is 1. The van der Waals surface area contributed by atoms with Crippen LogP contribution in [0.15, 0.2) is 36.0 Å². The molecule has 11 heavy (non-hydrogen) atoms. The van der Waals surface area contributed by atoms with Crippen LogP contribution in [0, 0.1) is 12.3 Å². The summed E-state index contributed by atoms with van der Waals surface area (Å²) in [6, 6.07) is 0. The van der Waals surface area contributed by atoms with Gasteiger partial charge < -0.3 is 0 Å². The van der Waals surface area contributed by atoms with E-state index in [0.717, 1.165) is 6.29 Å². The van der Waals surface area contributed by atoms with Gasteiger partial charge in [-0.05, 0) is 18.6 Å². The van der Waals surface area contributed by atoms with Crippen molar-refractivity contribution in [3.05, 3.63) is 36.0 Å². The highest BCUT2D eigenvalue weighted by Crippen LogP contribution is 2.07. The first kappa shape index (κ1) is 9.45. The van der Waals surface area contributed by atoms with Gasteiger partial charge in [0, 0.05) is 5.57 Å². The lowest BCUT2D eigenvalue weighted by atomic mass is 10.1. The molecule has 1 nitrogen and oxygen atoms in total. The van der Waals surface area contributed by atoms with E-state index in [4.69, 9.17) is 6.42 Å². The fourth-order valence-electron chi connectivity index (χ4n) is 0.653. The van der Waals surface area contributed by atoms with E-state index in [9.17, 15) is 4.79 Å². The average molecular weight is 146 g/mol. The van der Waals surface area contributed by atoms with Gasteiger partial charge in [-0.15, -0.1) is 6.42 Å². The number of terminal acetylenes is 1. The highest BCUT2D eigenvalue weighted by Gasteiger charge is 1.95. The molecule has 0 amide bonds. The van der Waals surface area contributed by atoms with Crippen LogP contribution in [-0.4, -0.2) is 6.29 Å². The second-order valence-electron chi connectivity index (χ2n) is 1.83. The minimum atomic E-state index is 0.568. The molecule has 0 bridgehead atoms. The Balaban J connectivity index is 4.80. The molecule has 0 rings (SSSR count). The number of allylic oxidation sites excluding steroid dienone is 5. The number of hydrogen-bond acceptors (Lipinski definition) is 1. The summed E-state index contributed by atoms with van der Waals surface area (Å²) in [6.45, 7) is 5.31. The van der Waals surface area contributed by atoms with Gasteiger partial charge in [0.05, 0.1) is 0 Å². The fourth-order valence-corrected chi connectivity index (χ4v) is 0.653. The predicted molar refractivity (Wildman–Crippen MR) is 46.9 cm³/mol. The maximum absolute atomic E-state index is 10.4. The minimum Gasteiger partial charge on any atom is -0.298 e. The smallest absolute Gasteiger partial charge is 0.150 e. The monoisotopic (exact) mass is 146 g/mol. The maximum atomic E-state index is 10.4. The molecule has 0 aliphatic carbocycles. The summed E-state index contributed by atoms with van der Waals surface area (Å²) in [5.74, 6) is 2.33. The average Bonchev–Trinajstić information content (AvgIpc) is 2.05. The molecule has 0 N–H and O–H groups in total. The van der Waals surface area contributed by atoms with Crippen molar-refractivity contribution in [2.75, 3.05) is 0 Å². The molecular weight excluding hydrogens is 136 g/mol. The molecule has 56 valence electrons. The first-order chi connectivity index (χ1) is 5.29. The lowest BCUT2D eigenvalue weighted by Gasteiger charge is -1.95. The number of aldehydes is 1. The third-order valence-corrected chi connectivity index (χ3v) is 1.23. The van der Waals surface area contributed by atoms with Gasteiger partial charge >= 0.3 is 0 Å². The van der Waals surface area contributed by atoms with Gasteiger partial charge in [0.15, 0.2) is 0 Å². The molecule has 0 saturated heterocycles. The van der Waals surface area contributed by atoms with E-state index in [-0.39, 0.29) is 0 Å². The van der Waals surface area contributed by atoms with E-state index in [2.05, 4.69) is 12.5 Å². The summed E-state index contributed by atoms with van der Waals surface area (Å²) in [5, 5.41) is 0. The first-order valence-electron chi connectivity index (χ1n) is 3.20. The second kappa shape index (κ2) is 5.25. The molecule has 0 aliphatic heterocycles. The molecular formula is C10H10O. The van der Waals surface area contributed by atoms with E-state index >= 15 is 0 Å². The SMILES string of the molecule is C#C/C=C(C=C)\C(C=O)=C/C. The number of hydrogen-bond donors (Lipinski definition) is 0. The Kier molecular flexibility index (Phi) is 4.51. The molecule has 0 fully saturated rings. The molecule has 0 aromatic carbocycles. The highest BCUT2D eigenvalue weighted by atomic mass is 16.1. The summed E-state index contributed by atoms with van der Waals surface area (Å²) < 4.78 is 0. The fraction of sp³-hybridized carbons (Fsp3) is 0.100. The zero-order valence-corrected chi connectivity index (χ0v) is 6.50. The van der Waals surface area contributed by atoms with Gasteiger partial charge in [0.2, 0.25) is 0 Å². The molecule has 0 spiro atoms. The van der Waals surface area contributed by atoms with Gasteiger partial charge in [-0.1, -0.05) is 24.7 Å². The summed E-state index contributed by atoms with van der Waals surface area (Å²) in [5.41, 5.74) is 1.25. The quantitative estimate of drug-likeness (QED) is 0.257. The van der Waals surface area contributed by atoms with Crippen molar-refractivity contribution in [2.24, 2.45) is 0 Å². The lowest BCUT2D eigenvalue weighted by molar-refractivity contribution is -0.104. The van der Waals surface area contributed by atoms with Gasteiger partial charge in [-0.2, -0.15) is 0 Å². The van der Waals surface area contributed by atoms with E-state index in [1.807, 2.05) is 0 Å². The zero-order valence-electron chi connectivity index (χ0n) is 6.50. The molecule has 0 atom stereocenters. The van der Waals surface area contributed by atoms with Gasteiger partial charge in [0.1, 0.15) is 6.29 Å². The van der Waals surface area contributed by atoms with E-state index in [1.165, 1.54) is 6.08 Å². The summed E-state index contributed by atoms with van der Waals surface area (Å²) >= 11 is 0. The Bertz CT molecular complexity index is 249. The zero-order chi connectivity index (χ0) is 8.69. The van der Waals surface area contributed by atoms with E-state index < -0.39 is 0 Å². The number of carbonyl (C=O) groups excluding carboxylic acids is 1. The Morgan fingerprint density at radius 1 is 1.55 bits per heavy atom. The van der Waals surface area contributed by atoms with Crippen LogP contribution in [0.2, 0.25) is 0 Å². The molecule has 0 aromatic heterocycles. The van der Waals surface area contributed by atoms with Gasteiger partial charge in [-0.3, -0.25) is 4.79 Å². The largest absolute Gasteiger partial charge is 0.298 e. The summed E-state index contributed by atoms with van der Waals surface area (Å²) in [7, 11) is 0. The van der Waals surface area contributed by atoms with Crippen LogP contribution < -0.4 is 0 Å². The second-order valence-corrected chi connectivity index (χ2v) is 1.83. The van der Waals surface area contributed by atoms with Crippen molar-refractivity contribution in [1.82, 2.24) is 0 Å². The van der Waals surface area contributed by atoms with Crippen molar-refractivity contribution in [3.8, 4) is 12.3 Å². The van der Waals surface area contributed by atoms with Crippen LogP contribution in [0.4, 0.5) is 0 Å². The Morgan fingerprint density at radius 2 is 2.18 bits per heavy atom. The molecule has 0 aliphatic rings. The molecule has 1 heteroatoms. The summed E-state index contributed by atoms with van der Waals surface area (Å²) in [6.07, 6.45) is 10.6. The van der Waals surface area contributed by atoms with Gasteiger partial charge in [0.25, 0.3) is 0 Å². The van der Waals surface area contributed by atoms with Crippen LogP contribution in [0.5, 0.6) is 0 Å². The van der Waals surface area contributed by atoms with E-state index in [0.29, 0.717) is 11.1 Å². The third-order valence-electron chi connectivity index (χ3n) is 1.23. The molecule has 0 saturated carbocycles. The standard InChI is InChI=1S/C10H10O/c1-4-7-9(5-2)10(6-3)8-11/h1,5-8H,2H2,3H3/b9-7-,10-6-. The first-order valence-corrected chi connectivity index (χ1v) is 3.20. The molecule has 0 heterocycles. The van der Waals surface area contributed by atoms with Crippen molar-refractivity contribution >= 4 is 6.29 Å². The van der Waals surface area contributed by atoms with Crippen molar-refractivity contribution in [2.45, 2.75) is 6.92 Å². The topological polar surface area (TPSA) is 17.1 Å². The summed E-state index contributed by atoms with van der Waals surface area (Å²) in [4.78, 5) is 10.4. The molecule has 0 radical (unpaired) electrons. The van der Waals surface area contributed by atoms with Gasteiger partial charge in [-0.25, -0.2) is 0 Å². The maximum Gasteiger partial charge on any atom is 0.150 e. The highest BCUT2D eigenvalue weighted by molar-refractivity contribution is 5.81. The van der Waals surface area contributed by atoms with Crippen LogP contribution in [-0.2, 0) is 4.79 Å². The van der Waals surface area contributed by atoms with Crippen molar-refractivity contribution < 1.29 is 4.79 Å². The van der Waals surface area contributed by atoms with Crippen molar-refractivity contribution in [1.29, 1.82) is 0 Å².